The van der Waals surface area contributed by atoms with Gasteiger partial charge in [-0.1, -0.05) is 23.7 Å². The van der Waals surface area contributed by atoms with Crippen molar-refractivity contribution in [1.82, 2.24) is 4.90 Å². The molecule has 0 saturated carbocycles. The maximum atomic E-state index is 10.9. The van der Waals surface area contributed by atoms with E-state index in [1.165, 1.54) is 0 Å². The quantitative estimate of drug-likeness (QED) is 0.910. The summed E-state index contributed by atoms with van der Waals surface area (Å²) in [5.74, 6) is -0.763. The Kier molecular flexibility index (Phi) is 4.09. The molecule has 0 spiro atoms. The number of nitrogens with zero attached hydrogens (tertiary/aromatic N) is 2. The third kappa shape index (κ3) is 2.76. The smallest absolute Gasteiger partial charge is 0.320 e. The lowest BCUT2D eigenvalue weighted by Crippen LogP contribution is -2.51. The van der Waals surface area contributed by atoms with Crippen molar-refractivity contribution in [2.75, 3.05) is 31.1 Å². The summed E-state index contributed by atoms with van der Waals surface area (Å²) in [5, 5.41) is 9.73. The average molecular weight is 269 g/mol. The second-order valence-corrected chi connectivity index (χ2v) is 4.90. The highest BCUT2D eigenvalue weighted by Gasteiger charge is 2.25. The Morgan fingerprint density at radius 1 is 1.28 bits per heavy atom. The van der Waals surface area contributed by atoms with Crippen LogP contribution in [0.25, 0.3) is 0 Å². The van der Waals surface area contributed by atoms with E-state index in [-0.39, 0.29) is 0 Å². The molecule has 0 bridgehead atoms. The average Bonchev–Trinajstić information content (AvgIpc) is 2.38. The molecular weight excluding hydrogens is 252 g/mol. The fourth-order valence-corrected chi connectivity index (χ4v) is 2.47. The standard InChI is InChI=1S/C13H17ClN2O2/c1-10(13(17)18)15-6-8-16(9-7-15)12-5-3-2-4-11(12)14/h2-5,10H,6-9H2,1H3,(H,17,18)/t10-/m0/s1. The number of hydrogen-bond donors (Lipinski definition) is 1. The Morgan fingerprint density at radius 3 is 2.44 bits per heavy atom. The number of benzene rings is 1. The first-order chi connectivity index (χ1) is 8.59. The zero-order valence-electron chi connectivity index (χ0n) is 10.3. The van der Waals surface area contributed by atoms with Crippen LogP contribution in [-0.2, 0) is 4.79 Å². The number of para-hydroxylation sites is 1. The Balaban J connectivity index is 1.99. The van der Waals surface area contributed by atoms with Crippen LogP contribution in [0.4, 0.5) is 5.69 Å². The maximum Gasteiger partial charge on any atom is 0.320 e. The van der Waals surface area contributed by atoms with E-state index in [1.54, 1.807) is 6.92 Å². The first kappa shape index (κ1) is 13.2. The maximum absolute atomic E-state index is 10.9. The molecule has 5 heteroatoms. The summed E-state index contributed by atoms with van der Waals surface area (Å²) in [6, 6.07) is 7.34. The van der Waals surface area contributed by atoms with Crippen LogP contribution in [0.1, 0.15) is 6.92 Å². The van der Waals surface area contributed by atoms with Crippen LogP contribution < -0.4 is 4.90 Å². The molecule has 0 aliphatic carbocycles. The van der Waals surface area contributed by atoms with Crippen LogP contribution >= 0.6 is 11.6 Å². The number of anilines is 1. The van der Waals surface area contributed by atoms with Gasteiger partial charge in [-0.2, -0.15) is 0 Å². The lowest BCUT2D eigenvalue weighted by atomic mass is 10.2. The lowest BCUT2D eigenvalue weighted by Gasteiger charge is -2.38. The van der Waals surface area contributed by atoms with Gasteiger partial charge in [-0.3, -0.25) is 9.69 Å². The predicted octanol–water partition coefficient (Wildman–Crippen LogP) is 1.94. The molecule has 1 aliphatic heterocycles. The highest BCUT2D eigenvalue weighted by molar-refractivity contribution is 6.33. The first-order valence-electron chi connectivity index (χ1n) is 6.06. The molecule has 98 valence electrons. The van der Waals surface area contributed by atoms with Gasteiger partial charge in [-0.05, 0) is 19.1 Å². The summed E-state index contributed by atoms with van der Waals surface area (Å²) >= 11 is 6.16. The van der Waals surface area contributed by atoms with E-state index >= 15 is 0 Å². The van der Waals surface area contributed by atoms with Crippen molar-refractivity contribution in [2.24, 2.45) is 0 Å². The van der Waals surface area contributed by atoms with E-state index in [0.29, 0.717) is 0 Å². The molecule has 1 aromatic carbocycles. The number of aliphatic carboxylic acids is 1. The molecular formula is C13H17ClN2O2. The fourth-order valence-electron chi connectivity index (χ4n) is 2.21. The highest BCUT2D eigenvalue weighted by atomic mass is 35.5. The molecule has 0 unspecified atom stereocenters. The van der Waals surface area contributed by atoms with Gasteiger partial charge in [0.25, 0.3) is 0 Å². The predicted molar refractivity (Wildman–Crippen MR) is 72.3 cm³/mol. The Morgan fingerprint density at radius 2 is 1.89 bits per heavy atom. The molecule has 1 atom stereocenters. The summed E-state index contributed by atoms with van der Waals surface area (Å²) in [7, 11) is 0. The molecule has 0 radical (unpaired) electrons. The summed E-state index contributed by atoms with van der Waals surface area (Å²) in [6.45, 7) is 4.84. The third-order valence-corrected chi connectivity index (χ3v) is 3.73. The molecule has 1 aromatic rings. The molecule has 4 nitrogen and oxygen atoms in total. The number of rotatable bonds is 3. The normalized spacial score (nSPS) is 18.7. The monoisotopic (exact) mass is 268 g/mol. The number of carboxylic acid groups (broad SMARTS) is 1. The Bertz CT molecular complexity index is 431. The zero-order chi connectivity index (χ0) is 13.1. The van der Waals surface area contributed by atoms with E-state index in [9.17, 15) is 4.79 Å². The zero-order valence-corrected chi connectivity index (χ0v) is 11.1. The van der Waals surface area contributed by atoms with Crippen molar-refractivity contribution in [3.63, 3.8) is 0 Å². The van der Waals surface area contributed by atoms with Crippen LogP contribution in [-0.4, -0.2) is 48.2 Å². The number of hydrogen-bond acceptors (Lipinski definition) is 3. The molecule has 0 aromatic heterocycles. The van der Waals surface area contributed by atoms with Gasteiger partial charge in [0.1, 0.15) is 6.04 Å². The molecule has 1 N–H and O–H groups in total. The van der Waals surface area contributed by atoms with Gasteiger partial charge in [-0.15, -0.1) is 0 Å². The number of carbonyl (C=O) groups is 1. The molecule has 1 saturated heterocycles. The van der Waals surface area contributed by atoms with Crippen molar-refractivity contribution in [1.29, 1.82) is 0 Å². The summed E-state index contributed by atoms with van der Waals surface area (Å²) in [6.07, 6.45) is 0. The Hall–Kier alpha value is -1.26. The first-order valence-corrected chi connectivity index (χ1v) is 6.43. The summed E-state index contributed by atoms with van der Waals surface area (Å²) < 4.78 is 0. The fraction of sp³-hybridized carbons (Fsp3) is 0.462. The number of halogens is 1. The van der Waals surface area contributed by atoms with Crippen LogP contribution in [0.15, 0.2) is 24.3 Å². The molecule has 2 rings (SSSR count). The number of piperazine rings is 1. The molecule has 0 amide bonds. The lowest BCUT2D eigenvalue weighted by molar-refractivity contribution is -0.142. The van der Waals surface area contributed by atoms with Crippen LogP contribution in [0.3, 0.4) is 0 Å². The summed E-state index contributed by atoms with van der Waals surface area (Å²) in [5.41, 5.74) is 1.03. The van der Waals surface area contributed by atoms with Crippen LogP contribution in [0, 0.1) is 0 Å². The van der Waals surface area contributed by atoms with Crippen molar-refractivity contribution >= 4 is 23.3 Å². The third-order valence-electron chi connectivity index (χ3n) is 3.41. The van der Waals surface area contributed by atoms with Crippen LogP contribution in [0.2, 0.25) is 5.02 Å². The van der Waals surface area contributed by atoms with Crippen LogP contribution in [0.5, 0.6) is 0 Å². The number of carboxylic acids is 1. The minimum Gasteiger partial charge on any atom is -0.480 e. The van der Waals surface area contributed by atoms with Gasteiger partial charge in [-0.25, -0.2) is 0 Å². The van der Waals surface area contributed by atoms with Gasteiger partial charge in [0.15, 0.2) is 0 Å². The van der Waals surface area contributed by atoms with E-state index in [1.807, 2.05) is 29.2 Å². The van der Waals surface area contributed by atoms with Crippen molar-refractivity contribution < 1.29 is 9.90 Å². The van der Waals surface area contributed by atoms with E-state index < -0.39 is 12.0 Å². The Labute approximate surface area is 112 Å². The van der Waals surface area contributed by atoms with Crippen molar-refractivity contribution in [3.05, 3.63) is 29.3 Å². The van der Waals surface area contributed by atoms with Gasteiger partial charge in [0, 0.05) is 26.2 Å². The SMILES string of the molecule is C[C@@H](C(=O)O)N1CCN(c2ccccc2Cl)CC1. The van der Waals surface area contributed by atoms with Gasteiger partial charge >= 0.3 is 5.97 Å². The second-order valence-electron chi connectivity index (χ2n) is 4.49. The van der Waals surface area contributed by atoms with Gasteiger partial charge in [0.05, 0.1) is 10.7 Å². The summed E-state index contributed by atoms with van der Waals surface area (Å²) in [4.78, 5) is 15.1. The molecule has 1 fully saturated rings. The highest BCUT2D eigenvalue weighted by Crippen LogP contribution is 2.26. The van der Waals surface area contributed by atoms with Gasteiger partial charge < -0.3 is 10.0 Å². The van der Waals surface area contributed by atoms with E-state index in [4.69, 9.17) is 16.7 Å². The topological polar surface area (TPSA) is 43.8 Å². The second kappa shape index (κ2) is 5.59. The van der Waals surface area contributed by atoms with E-state index in [2.05, 4.69) is 4.90 Å². The molecule has 1 aliphatic rings. The van der Waals surface area contributed by atoms with E-state index in [0.717, 1.165) is 36.9 Å². The van der Waals surface area contributed by atoms with Crippen molar-refractivity contribution in [3.8, 4) is 0 Å². The largest absolute Gasteiger partial charge is 0.480 e. The molecule has 1 heterocycles. The molecule has 18 heavy (non-hydrogen) atoms. The van der Waals surface area contributed by atoms with Crippen molar-refractivity contribution in [2.45, 2.75) is 13.0 Å². The minimum atomic E-state index is -0.763. The minimum absolute atomic E-state index is 0.418. The van der Waals surface area contributed by atoms with Gasteiger partial charge in [0.2, 0.25) is 0 Å².